The summed E-state index contributed by atoms with van der Waals surface area (Å²) in [5.41, 5.74) is 1.65. The standard InChI is InChI=1S/C14H19BrN2O3/c1-4-17(8-9(2)13(18)19)14(20)16-12-7-5-6-11(15)10(12)3/h5-7,9H,4,8H2,1-3H3,(H,16,20)(H,18,19). The van der Waals surface area contributed by atoms with Crippen LogP contribution in [0.25, 0.3) is 0 Å². The van der Waals surface area contributed by atoms with Crippen molar-refractivity contribution in [1.29, 1.82) is 0 Å². The minimum absolute atomic E-state index is 0.185. The second-order valence-corrected chi connectivity index (χ2v) is 5.47. The summed E-state index contributed by atoms with van der Waals surface area (Å²) in [4.78, 5) is 24.5. The lowest BCUT2D eigenvalue weighted by Crippen LogP contribution is -2.39. The van der Waals surface area contributed by atoms with Crippen LogP contribution in [-0.2, 0) is 4.79 Å². The van der Waals surface area contributed by atoms with Gasteiger partial charge in [-0.25, -0.2) is 4.79 Å². The van der Waals surface area contributed by atoms with Crippen LogP contribution in [0.15, 0.2) is 22.7 Å². The molecule has 0 aliphatic carbocycles. The summed E-state index contributed by atoms with van der Waals surface area (Å²) in [7, 11) is 0. The van der Waals surface area contributed by atoms with Gasteiger partial charge in [0.2, 0.25) is 0 Å². The molecule has 1 aromatic carbocycles. The summed E-state index contributed by atoms with van der Waals surface area (Å²) < 4.78 is 0.914. The zero-order valence-electron chi connectivity index (χ0n) is 11.8. The number of carboxylic acid groups (broad SMARTS) is 1. The molecule has 0 radical (unpaired) electrons. The number of carboxylic acids is 1. The van der Waals surface area contributed by atoms with Gasteiger partial charge in [0.1, 0.15) is 0 Å². The van der Waals surface area contributed by atoms with Crippen molar-refractivity contribution >= 4 is 33.6 Å². The number of anilines is 1. The number of nitrogens with one attached hydrogen (secondary N) is 1. The molecule has 0 heterocycles. The molecule has 1 rings (SSSR count). The Balaban J connectivity index is 2.77. The van der Waals surface area contributed by atoms with Crippen molar-refractivity contribution < 1.29 is 14.7 Å². The third-order valence-corrected chi connectivity index (χ3v) is 3.95. The van der Waals surface area contributed by atoms with Crippen molar-refractivity contribution in [3.63, 3.8) is 0 Å². The van der Waals surface area contributed by atoms with Crippen LogP contribution in [0.5, 0.6) is 0 Å². The van der Waals surface area contributed by atoms with E-state index in [4.69, 9.17) is 5.11 Å². The van der Waals surface area contributed by atoms with Crippen molar-refractivity contribution in [2.24, 2.45) is 5.92 Å². The zero-order valence-corrected chi connectivity index (χ0v) is 13.4. The van der Waals surface area contributed by atoms with Crippen molar-refractivity contribution in [3.8, 4) is 0 Å². The molecule has 1 atom stereocenters. The minimum Gasteiger partial charge on any atom is -0.481 e. The van der Waals surface area contributed by atoms with E-state index >= 15 is 0 Å². The average Bonchev–Trinajstić information content (AvgIpc) is 2.40. The molecule has 6 heteroatoms. The molecule has 0 spiro atoms. The van der Waals surface area contributed by atoms with E-state index in [1.165, 1.54) is 4.90 Å². The second-order valence-electron chi connectivity index (χ2n) is 4.62. The number of benzene rings is 1. The first-order chi connectivity index (χ1) is 9.36. The lowest BCUT2D eigenvalue weighted by atomic mass is 10.1. The normalized spacial score (nSPS) is 11.8. The van der Waals surface area contributed by atoms with Gasteiger partial charge in [0.05, 0.1) is 5.92 Å². The Hall–Kier alpha value is -1.56. The lowest BCUT2D eigenvalue weighted by Gasteiger charge is -2.23. The number of carbonyl (C=O) groups is 2. The fourth-order valence-electron chi connectivity index (χ4n) is 1.70. The summed E-state index contributed by atoms with van der Waals surface area (Å²) in [6.45, 7) is 5.95. The monoisotopic (exact) mass is 342 g/mol. The van der Waals surface area contributed by atoms with E-state index in [1.807, 2.05) is 32.0 Å². The maximum Gasteiger partial charge on any atom is 0.321 e. The van der Waals surface area contributed by atoms with E-state index < -0.39 is 11.9 Å². The topological polar surface area (TPSA) is 69.6 Å². The van der Waals surface area contributed by atoms with Crippen LogP contribution in [0, 0.1) is 12.8 Å². The molecular weight excluding hydrogens is 324 g/mol. The smallest absolute Gasteiger partial charge is 0.321 e. The van der Waals surface area contributed by atoms with Gasteiger partial charge < -0.3 is 15.3 Å². The second kappa shape index (κ2) is 7.28. The highest BCUT2D eigenvalue weighted by Crippen LogP contribution is 2.23. The molecule has 0 bridgehead atoms. The van der Waals surface area contributed by atoms with E-state index in [2.05, 4.69) is 21.2 Å². The largest absolute Gasteiger partial charge is 0.481 e. The molecule has 0 aliphatic heterocycles. The van der Waals surface area contributed by atoms with Gasteiger partial charge in [0.25, 0.3) is 0 Å². The number of nitrogens with zero attached hydrogens (tertiary/aromatic N) is 1. The highest BCUT2D eigenvalue weighted by Gasteiger charge is 2.19. The van der Waals surface area contributed by atoms with Gasteiger partial charge in [-0.15, -0.1) is 0 Å². The van der Waals surface area contributed by atoms with Crippen LogP contribution in [0.2, 0.25) is 0 Å². The molecule has 1 unspecified atom stereocenters. The number of amides is 2. The Labute approximate surface area is 127 Å². The quantitative estimate of drug-likeness (QED) is 0.862. The first kappa shape index (κ1) is 16.5. The lowest BCUT2D eigenvalue weighted by molar-refractivity contribution is -0.141. The molecule has 110 valence electrons. The predicted molar refractivity (Wildman–Crippen MR) is 81.9 cm³/mol. The van der Waals surface area contributed by atoms with Gasteiger partial charge in [-0.1, -0.05) is 28.9 Å². The van der Waals surface area contributed by atoms with Crippen molar-refractivity contribution in [2.75, 3.05) is 18.4 Å². The van der Waals surface area contributed by atoms with Gasteiger partial charge in [0.15, 0.2) is 0 Å². The third-order valence-electron chi connectivity index (χ3n) is 3.09. The van der Waals surface area contributed by atoms with Crippen LogP contribution in [0.1, 0.15) is 19.4 Å². The number of halogens is 1. The number of urea groups is 1. The molecule has 20 heavy (non-hydrogen) atoms. The number of aliphatic carboxylic acids is 1. The molecule has 2 amide bonds. The van der Waals surface area contributed by atoms with E-state index in [-0.39, 0.29) is 12.6 Å². The fourth-order valence-corrected chi connectivity index (χ4v) is 2.07. The molecule has 5 nitrogen and oxygen atoms in total. The summed E-state index contributed by atoms with van der Waals surface area (Å²) in [6.07, 6.45) is 0. The van der Waals surface area contributed by atoms with Crippen LogP contribution in [-0.4, -0.2) is 35.1 Å². The number of carbonyl (C=O) groups excluding carboxylic acids is 1. The molecule has 0 fully saturated rings. The van der Waals surface area contributed by atoms with Crippen LogP contribution >= 0.6 is 15.9 Å². The Morgan fingerprint density at radius 1 is 1.45 bits per heavy atom. The SMILES string of the molecule is CCN(CC(C)C(=O)O)C(=O)Nc1cccc(Br)c1C. The summed E-state index contributed by atoms with van der Waals surface area (Å²) >= 11 is 3.41. The van der Waals surface area contributed by atoms with E-state index in [0.29, 0.717) is 12.2 Å². The molecule has 0 aliphatic rings. The Bertz CT molecular complexity index is 505. The first-order valence-corrected chi connectivity index (χ1v) is 7.20. The first-order valence-electron chi connectivity index (χ1n) is 6.40. The predicted octanol–water partition coefficient (Wildman–Crippen LogP) is 3.33. The summed E-state index contributed by atoms with van der Waals surface area (Å²) in [6, 6.07) is 5.26. The van der Waals surface area contributed by atoms with Crippen LogP contribution in [0.3, 0.4) is 0 Å². The highest BCUT2D eigenvalue weighted by atomic mass is 79.9. The van der Waals surface area contributed by atoms with E-state index in [9.17, 15) is 9.59 Å². The number of hydrogen-bond acceptors (Lipinski definition) is 2. The summed E-state index contributed by atoms with van der Waals surface area (Å²) in [5.74, 6) is -1.50. The van der Waals surface area contributed by atoms with Crippen molar-refractivity contribution in [3.05, 3.63) is 28.2 Å². The molecular formula is C14H19BrN2O3. The van der Waals surface area contributed by atoms with Gasteiger partial charge in [0, 0.05) is 23.2 Å². The van der Waals surface area contributed by atoms with Gasteiger partial charge >= 0.3 is 12.0 Å². The maximum absolute atomic E-state index is 12.2. The van der Waals surface area contributed by atoms with E-state index in [0.717, 1.165) is 10.0 Å². The van der Waals surface area contributed by atoms with Gasteiger partial charge in [-0.05, 0) is 31.5 Å². The number of hydrogen-bond donors (Lipinski definition) is 2. The van der Waals surface area contributed by atoms with Crippen LogP contribution in [0.4, 0.5) is 10.5 Å². The Morgan fingerprint density at radius 3 is 2.65 bits per heavy atom. The average molecular weight is 343 g/mol. The van der Waals surface area contributed by atoms with Crippen molar-refractivity contribution in [2.45, 2.75) is 20.8 Å². The van der Waals surface area contributed by atoms with Gasteiger partial charge in [-0.3, -0.25) is 4.79 Å². The maximum atomic E-state index is 12.2. The molecule has 0 saturated heterocycles. The van der Waals surface area contributed by atoms with Gasteiger partial charge in [-0.2, -0.15) is 0 Å². The molecule has 1 aromatic rings. The third kappa shape index (κ3) is 4.23. The van der Waals surface area contributed by atoms with E-state index in [1.54, 1.807) is 6.92 Å². The minimum atomic E-state index is -0.908. The summed E-state index contributed by atoms with van der Waals surface area (Å²) in [5, 5.41) is 11.7. The molecule has 0 saturated carbocycles. The highest BCUT2D eigenvalue weighted by molar-refractivity contribution is 9.10. The fraction of sp³-hybridized carbons (Fsp3) is 0.429. The Kier molecular flexibility index (Phi) is 6.01. The number of rotatable bonds is 5. The molecule has 2 N–H and O–H groups in total. The van der Waals surface area contributed by atoms with Crippen molar-refractivity contribution in [1.82, 2.24) is 4.90 Å². The zero-order chi connectivity index (χ0) is 15.3. The molecule has 0 aromatic heterocycles. The van der Waals surface area contributed by atoms with Crippen LogP contribution < -0.4 is 5.32 Å². The Morgan fingerprint density at radius 2 is 2.10 bits per heavy atom.